The molecule has 0 saturated heterocycles. The summed E-state index contributed by atoms with van der Waals surface area (Å²) in [6.07, 6.45) is 0. The third kappa shape index (κ3) is 4.93. The Morgan fingerprint density at radius 3 is 2.45 bits per heavy atom. The number of rotatable bonds is 6. The van der Waals surface area contributed by atoms with Gasteiger partial charge in [0.2, 0.25) is 0 Å². The Hall–Kier alpha value is -3.62. The third-order valence-corrected chi connectivity index (χ3v) is 4.86. The molecule has 0 atom stereocenters. The van der Waals surface area contributed by atoms with Gasteiger partial charge in [-0.15, -0.1) is 0 Å². The number of hydrogen-bond acceptors (Lipinski definition) is 5. The first kappa shape index (κ1) is 22.1. The van der Waals surface area contributed by atoms with E-state index >= 15 is 0 Å². The zero-order chi connectivity index (χ0) is 22.5. The van der Waals surface area contributed by atoms with E-state index in [1.54, 1.807) is 31.4 Å². The molecule has 4 N–H and O–H groups in total. The van der Waals surface area contributed by atoms with Gasteiger partial charge in [0.05, 0.1) is 12.8 Å². The summed E-state index contributed by atoms with van der Waals surface area (Å²) in [4.78, 5) is 12.2. The topological polar surface area (TPSA) is 94.0 Å². The molecule has 2 amide bonds. The first-order chi connectivity index (χ1) is 14.8. The van der Waals surface area contributed by atoms with Crippen LogP contribution in [0.1, 0.15) is 11.1 Å². The Bertz CT molecular complexity index is 1090. The summed E-state index contributed by atoms with van der Waals surface area (Å²) in [6, 6.07) is 16.8. The van der Waals surface area contributed by atoms with Crippen LogP contribution in [0.15, 0.2) is 60.7 Å². The van der Waals surface area contributed by atoms with Crippen molar-refractivity contribution < 1.29 is 18.7 Å². The Morgan fingerprint density at radius 2 is 1.74 bits per heavy atom. The highest BCUT2D eigenvalue weighted by atomic mass is 19.1. The second-order valence-corrected chi connectivity index (χ2v) is 7.00. The van der Waals surface area contributed by atoms with E-state index in [0.717, 1.165) is 26.7 Å². The summed E-state index contributed by atoms with van der Waals surface area (Å²) in [7, 11) is 2.99. The number of hydrazine groups is 2. The van der Waals surface area contributed by atoms with Crippen LogP contribution in [0, 0.1) is 12.7 Å². The van der Waals surface area contributed by atoms with Crippen molar-refractivity contribution in [3.8, 4) is 22.6 Å². The maximum absolute atomic E-state index is 14.5. The molecule has 0 aliphatic heterocycles. The molecule has 0 radical (unpaired) electrons. The second-order valence-electron chi connectivity index (χ2n) is 7.00. The van der Waals surface area contributed by atoms with Gasteiger partial charge in [-0.2, -0.15) is 0 Å². The van der Waals surface area contributed by atoms with E-state index in [4.69, 9.17) is 21.2 Å². The highest BCUT2D eigenvalue weighted by Gasteiger charge is 2.19. The molecule has 0 aliphatic carbocycles. The molecule has 0 spiro atoms. The maximum Gasteiger partial charge on any atom is 0.352 e. The molecule has 0 bridgehead atoms. The Labute approximate surface area is 180 Å². The van der Waals surface area contributed by atoms with Crippen molar-refractivity contribution in [1.82, 2.24) is 5.01 Å². The van der Waals surface area contributed by atoms with Crippen LogP contribution >= 0.6 is 0 Å². The summed E-state index contributed by atoms with van der Waals surface area (Å²) >= 11 is 0. The number of methoxy groups -OCH3 is 1. The third-order valence-electron chi connectivity index (χ3n) is 4.86. The lowest BCUT2D eigenvalue weighted by atomic mass is 10.0. The van der Waals surface area contributed by atoms with Gasteiger partial charge in [0.25, 0.3) is 0 Å². The predicted octanol–water partition coefficient (Wildman–Crippen LogP) is 3.99. The van der Waals surface area contributed by atoms with Crippen molar-refractivity contribution in [2.24, 2.45) is 11.7 Å². The molecule has 0 saturated carbocycles. The van der Waals surface area contributed by atoms with Crippen molar-refractivity contribution in [1.29, 1.82) is 0 Å². The quantitative estimate of drug-likeness (QED) is 0.354. The van der Waals surface area contributed by atoms with Gasteiger partial charge in [0.1, 0.15) is 12.4 Å². The van der Waals surface area contributed by atoms with Gasteiger partial charge in [-0.25, -0.2) is 25.9 Å². The molecule has 7 nitrogen and oxygen atoms in total. The predicted molar refractivity (Wildman–Crippen MR) is 118 cm³/mol. The summed E-state index contributed by atoms with van der Waals surface area (Å²) in [5.41, 5.74) is 3.55. The largest absolute Gasteiger partial charge is 0.497 e. The Balaban J connectivity index is 1.89. The number of carbonyl (C=O) groups excluding carboxylic acids is 1. The molecule has 162 valence electrons. The van der Waals surface area contributed by atoms with E-state index in [1.165, 1.54) is 13.1 Å². The molecule has 0 aliphatic rings. The van der Waals surface area contributed by atoms with Crippen LogP contribution in [0.25, 0.3) is 11.1 Å². The number of ether oxygens (including phenoxy) is 2. The van der Waals surface area contributed by atoms with Crippen molar-refractivity contribution in [2.75, 3.05) is 19.2 Å². The first-order valence-corrected chi connectivity index (χ1v) is 9.54. The summed E-state index contributed by atoms with van der Waals surface area (Å²) in [6.45, 7) is 1.87. The van der Waals surface area contributed by atoms with E-state index in [1.807, 2.05) is 37.3 Å². The first-order valence-electron chi connectivity index (χ1n) is 9.54. The van der Waals surface area contributed by atoms with Crippen LogP contribution in [0.3, 0.4) is 0 Å². The number of nitrogens with two attached hydrogens (primary N) is 2. The SMILES string of the molecule is COc1cccc(-c2ccc(F)c(OCc3c(C)cccc3N(N)C(=O)N(C)N)c2)c1. The number of anilines is 1. The fourth-order valence-electron chi connectivity index (χ4n) is 3.12. The van der Waals surface area contributed by atoms with Gasteiger partial charge in [-0.3, -0.25) is 5.01 Å². The average molecular weight is 424 g/mol. The molecular weight excluding hydrogens is 399 g/mol. The smallest absolute Gasteiger partial charge is 0.352 e. The van der Waals surface area contributed by atoms with Gasteiger partial charge >= 0.3 is 6.03 Å². The lowest BCUT2D eigenvalue weighted by Gasteiger charge is -2.24. The van der Waals surface area contributed by atoms with Gasteiger partial charge in [0, 0.05) is 12.6 Å². The van der Waals surface area contributed by atoms with Crippen LogP contribution in [0.4, 0.5) is 14.9 Å². The van der Waals surface area contributed by atoms with E-state index < -0.39 is 11.8 Å². The Kier molecular flexibility index (Phi) is 6.74. The minimum Gasteiger partial charge on any atom is -0.497 e. The molecule has 3 aromatic carbocycles. The number of benzene rings is 3. The van der Waals surface area contributed by atoms with Gasteiger partial charge in [-0.1, -0.05) is 30.3 Å². The highest BCUT2D eigenvalue weighted by Crippen LogP contribution is 2.30. The van der Waals surface area contributed by atoms with Crippen LogP contribution < -0.4 is 26.2 Å². The summed E-state index contributed by atoms with van der Waals surface area (Å²) < 4.78 is 25.5. The zero-order valence-corrected chi connectivity index (χ0v) is 17.6. The molecule has 3 aromatic rings. The average Bonchev–Trinajstić information content (AvgIpc) is 2.78. The summed E-state index contributed by atoms with van der Waals surface area (Å²) in [5, 5.41) is 1.82. The van der Waals surface area contributed by atoms with Crippen LogP contribution in [-0.4, -0.2) is 25.2 Å². The number of urea groups is 1. The molecule has 8 heteroatoms. The number of amides is 2. The van der Waals surface area contributed by atoms with Crippen molar-refractivity contribution in [2.45, 2.75) is 13.5 Å². The van der Waals surface area contributed by atoms with E-state index in [2.05, 4.69) is 0 Å². The normalized spacial score (nSPS) is 10.5. The lowest BCUT2D eigenvalue weighted by molar-refractivity contribution is 0.216. The summed E-state index contributed by atoms with van der Waals surface area (Å²) in [5.74, 6) is 11.8. The number of halogens is 1. The monoisotopic (exact) mass is 424 g/mol. The molecule has 0 fully saturated rings. The molecular formula is C23H25FN4O3. The number of hydrogen-bond donors (Lipinski definition) is 2. The Morgan fingerprint density at radius 1 is 1.03 bits per heavy atom. The minimum absolute atomic E-state index is 0.00968. The van der Waals surface area contributed by atoms with E-state index in [-0.39, 0.29) is 12.4 Å². The molecule has 0 unspecified atom stereocenters. The number of carbonyl (C=O) groups is 1. The molecule has 0 heterocycles. The maximum atomic E-state index is 14.5. The fraction of sp³-hybridized carbons (Fsp3) is 0.174. The van der Waals surface area contributed by atoms with Crippen molar-refractivity contribution >= 4 is 11.7 Å². The fourth-order valence-corrected chi connectivity index (χ4v) is 3.12. The van der Waals surface area contributed by atoms with Crippen LogP contribution in [0.5, 0.6) is 11.5 Å². The lowest BCUT2D eigenvalue weighted by Crippen LogP contribution is -2.49. The number of aryl methyl sites for hydroxylation is 1. The van der Waals surface area contributed by atoms with Gasteiger partial charge in [0.15, 0.2) is 11.6 Å². The zero-order valence-electron chi connectivity index (χ0n) is 17.6. The van der Waals surface area contributed by atoms with E-state index in [9.17, 15) is 9.18 Å². The standard InChI is InChI=1S/C23H25FN4O3/c1-15-6-4-9-21(28(26)23(29)27(2)25)19(15)14-31-22-13-17(10-11-20(22)24)16-7-5-8-18(12-16)30-3/h4-13H,14,25-26H2,1-3H3. The van der Waals surface area contributed by atoms with Gasteiger partial charge in [-0.05, 0) is 53.9 Å². The van der Waals surface area contributed by atoms with Crippen LogP contribution in [0.2, 0.25) is 0 Å². The van der Waals surface area contributed by atoms with Crippen LogP contribution in [-0.2, 0) is 6.61 Å². The van der Waals surface area contributed by atoms with E-state index in [0.29, 0.717) is 17.0 Å². The molecule has 31 heavy (non-hydrogen) atoms. The second kappa shape index (κ2) is 9.46. The number of nitrogens with zero attached hydrogens (tertiary/aromatic N) is 2. The van der Waals surface area contributed by atoms with Gasteiger partial charge < -0.3 is 9.47 Å². The highest BCUT2D eigenvalue weighted by molar-refractivity contribution is 5.91. The minimum atomic E-state index is -0.599. The molecule has 3 rings (SSSR count). The van der Waals surface area contributed by atoms with Crippen molar-refractivity contribution in [3.05, 3.63) is 77.6 Å². The van der Waals surface area contributed by atoms with Crippen molar-refractivity contribution in [3.63, 3.8) is 0 Å². The molecule has 0 aromatic heterocycles.